The molecule has 1 N–H and O–H groups in total. The summed E-state index contributed by atoms with van der Waals surface area (Å²) in [6.07, 6.45) is 2.49. The van der Waals surface area contributed by atoms with Gasteiger partial charge in [0.05, 0.1) is 0 Å². The molecule has 1 aliphatic carbocycles. The van der Waals surface area contributed by atoms with Crippen LogP contribution in [0.3, 0.4) is 0 Å². The van der Waals surface area contributed by atoms with Gasteiger partial charge in [-0.1, -0.05) is 0 Å². The molecule has 118 valence electrons. The Morgan fingerprint density at radius 2 is 1.76 bits per heavy atom. The van der Waals surface area contributed by atoms with Crippen molar-refractivity contribution in [1.29, 1.82) is 0 Å². The summed E-state index contributed by atoms with van der Waals surface area (Å²) >= 11 is 0. The molecular weight excluding hydrogens is 278 g/mol. The zero-order valence-corrected chi connectivity index (χ0v) is 12.2. The predicted octanol–water partition coefficient (Wildman–Crippen LogP) is 1.94. The highest BCUT2D eigenvalue weighted by Crippen LogP contribution is 2.40. The summed E-state index contributed by atoms with van der Waals surface area (Å²) in [6.45, 7) is 2.02. The Hall–Kier alpha value is -1.20. The second kappa shape index (κ2) is 5.21. The van der Waals surface area contributed by atoms with E-state index in [1.165, 1.54) is 0 Å². The quantitative estimate of drug-likeness (QED) is 0.804. The van der Waals surface area contributed by atoms with Crippen LogP contribution in [0.15, 0.2) is 0 Å². The van der Waals surface area contributed by atoms with E-state index in [2.05, 4.69) is 5.32 Å². The van der Waals surface area contributed by atoms with Crippen LogP contribution in [0.4, 0.5) is 8.78 Å². The normalized spacial score (nSPS) is 28.7. The number of amides is 2. The SMILES string of the molecule is O=C1CC2(CCN(C(=O)C3CCC(F)(F)CC3)CC2)CN1. The molecule has 1 spiro atoms. The van der Waals surface area contributed by atoms with E-state index < -0.39 is 5.92 Å². The molecule has 0 aromatic rings. The molecular formula is C15H22F2N2O2. The number of alkyl halides is 2. The van der Waals surface area contributed by atoms with Crippen LogP contribution in [0.25, 0.3) is 0 Å². The Morgan fingerprint density at radius 1 is 1.14 bits per heavy atom. The lowest BCUT2D eigenvalue weighted by atomic mass is 9.77. The number of nitrogens with zero attached hydrogens (tertiary/aromatic N) is 1. The fourth-order valence-corrected chi connectivity index (χ4v) is 3.85. The number of nitrogens with one attached hydrogen (secondary N) is 1. The monoisotopic (exact) mass is 300 g/mol. The molecule has 0 aromatic carbocycles. The first-order valence-corrected chi connectivity index (χ1v) is 7.83. The van der Waals surface area contributed by atoms with Crippen LogP contribution in [-0.4, -0.2) is 42.3 Å². The number of carbonyl (C=O) groups excluding carboxylic acids is 2. The van der Waals surface area contributed by atoms with Gasteiger partial charge in [0.25, 0.3) is 0 Å². The van der Waals surface area contributed by atoms with Gasteiger partial charge < -0.3 is 10.2 Å². The third-order valence-corrected chi connectivity index (χ3v) is 5.40. The molecule has 4 nitrogen and oxygen atoms in total. The van der Waals surface area contributed by atoms with E-state index in [4.69, 9.17) is 0 Å². The summed E-state index contributed by atoms with van der Waals surface area (Å²) in [7, 11) is 0. The zero-order valence-electron chi connectivity index (χ0n) is 12.2. The van der Waals surface area contributed by atoms with E-state index in [0.29, 0.717) is 38.9 Å². The van der Waals surface area contributed by atoms with Crippen LogP contribution >= 0.6 is 0 Å². The summed E-state index contributed by atoms with van der Waals surface area (Å²) in [4.78, 5) is 25.6. The molecule has 0 bridgehead atoms. The lowest BCUT2D eigenvalue weighted by Gasteiger charge is -2.40. The van der Waals surface area contributed by atoms with Crippen LogP contribution in [0, 0.1) is 11.3 Å². The highest BCUT2D eigenvalue weighted by molar-refractivity contribution is 5.80. The van der Waals surface area contributed by atoms with Crippen molar-refractivity contribution in [2.45, 2.75) is 50.9 Å². The summed E-state index contributed by atoms with van der Waals surface area (Å²) in [6, 6.07) is 0. The summed E-state index contributed by atoms with van der Waals surface area (Å²) in [5.74, 6) is -2.68. The molecule has 1 saturated carbocycles. The van der Waals surface area contributed by atoms with E-state index in [1.807, 2.05) is 4.90 Å². The van der Waals surface area contributed by atoms with Gasteiger partial charge in [0, 0.05) is 44.8 Å². The van der Waals surface area contributed by atoms with E-state index >= 15 is 0 Å². The fourth-order valence-electron chi connectivity index (χ4n) is 3.85. The minimum absolute atomic E-state index is 0.0213. The molecule has 0 unspecified atom stereocenters. The molecule has 2 heterocycles. The molecule has 2 aliphatic heterocycles. The predicted molar refractivity (Wildman–Crippen MR) is 72.8 cm³/mol. The van der Waals surface area contributed by atoms with E-state index in [9.17, 15) is 18.4 Å². The lowest BCUT2D eigenvalue weighted by molar-refractivity contribution is -0.141. The van der Waals surface area contributed by atoms with Gasteiger partial charge in [-0.15, -0.1) is 0 Å². The lowest BCUT2D eigenvalue weighted by Crippen LogP contribution is -2.47. The first-order valence-electron chi connectivity index (χ1n) is 7.83. The summed E-state index contributed by atoms with van der Waals surface area (Å²) < 4.78 is 26.3. The van der Waals surface area contributed by atoms with Crippen molar-refractivity contribution in [1.82, 2.24) is 10.2 Å². The van der Waals surface area contributed by atoms with Crippen molar-refractivity contribution < 1.29 is 18.4 Å². The Kier molecular flexibility index (Phi) is 3.66. The number of halogens is 2. The maximum Gasteiger partial charge on any atom is 0.248 e. The van der Waals surface area contributed by atoms with Gasteiger partial charge in [-0.05, 0) is 31.1 Å². The van der Waals surface area contributed by atoms with Gasteiger partial charge in [-0.25, -0.2) is 8.78 Å². The molecule has 21 heavy (non-hydrogen) atoms. The molecule has 2 saturated heterocycles. The van der Waals surface area contributed by atoms with E-state index in [0.717, 1.165) is 12.8 Å². The maximum atomic E-state index is 13.2. The first-order chi connectivity index (χ1) is 9.89. The third kappa shape index (κ3) is 3.04. The van der Waals surface area contributed by atoms with Gasteiger partial charge >= 0.3 is 0 Å². The van der Waals surface area contributed by atoms with Crippen LogP contribution in [-0.2, 0) is 9.59 Å². The van der Waals surface area contributed by atoms with E-state index in [1.54, 1.807) is 0 Å². The van der Waals surface area contributed by atoms with Crippen LogP contribution in [0.5, 0.6) is 0 Å². The smallest absolute Gasteiger partial charge is 0.248 e. The van der Waals surface area contributed by atoms with E-state index in [-0.39, 0.29) is 36.0 Å². The average Bonchev–Trinajstić information content (AvgIpc) is 2.80. The Balaban J connectivity index is 1.53. The average molecular weight is 300 g/mol. The van der Waals surface area contributed by atoms with Crippen molar-refractivity contribution in [2.75, 3.05) is 19.6 Å². The number of hydrogen-bond donors (Lipinski definition) is 1. The molecule has 0 atom stereocenters. The number of carbonyl (C=O) groups is 2. The van der Waals surface area contributed by atoms with Crippen molar-refractivity contribution >= 4 is 11.8 Å². The molecule has 3 rings (SSSR count). The second-order valence-electron chi connectivity index (χ2n) is 6.91. The molecule has 6 heteroatoms. The number of likely N-dealkylation sites (tertiary alicyclic amines) is 1. The van der Waals surface area contributed by atoms with Crippen LogP contribution in [0.2, 0.25) is 0 Å². The van der Waals surface area contributed by atoms with Crippen molar-refractivity contribution in [3.05, 3.63) is 0 Å². The van der Waals surface area contributed by atoms with Gasteiger partial charge in [0.1, 0.15) is 0 Å². The summed E-state index contributed by atoms with van der Waals surface area (Å²) in [5.41, 5.74) is 0.0213. The van der Waals surface area contributed by atoms with Gasteiger partial charge in [-0.3, -0.25) is 9.59 Å². The Labute approximate surface area is 123 Å². The Morgan fingerprint density at radius 3 is 2.29 bits per heavy atom. The van der Waals surface area contributed by atoms with Gasteiger partial charge in [0.15, 0.2) is 0 Å². The fraction of sp³-hybridized carbons (Fsp3) is 0.867. The first kappa shape index (κ1) is 14.7. The zero-order chi connectivity index (χ0) is 15.1. The molecule has 0 radical (unpaired) electrons. The number of piperidine rings is 1. The van der Waals surface area contributed by atoms with Gasteiger partial charge in [0.2, 0.25) is 17.7 Å². The topological polar surface area (TPSA) is 49.4 Å². The van der Waals surface area contributed by atoms with Crippen LogP contribution < -0.4 is 5.32 Å². The molecule has 3 aliphatic rings. The van der Waals surface area contributed by atoms with Gasteiger partial charge in [-0.2, -0.15) is 0 Å². The van der Waals surface area contributed by atoms with Crippen molar-refractivity contribution in [3.8, 4) is 0 Å². The van der Waals surface area contributed by atoms with Crippen molar-refractivity contribution in [2.24, 2.45) is 11.3 Å². The molecule has 3 fully saturated rings. The maximum absolute atomic E-state index is 13.2. The number of rotatable bonds is 1. The highest BCUT2D eigenvalue weighted by Gasteiger charge is 2.43. The highest BCUT2D eigenvalue weighted by atomic mass is 19.3. The van der Waals surface area contributed by atoms with Crippen molar-refractivity contribution in [3.63, 3.8) is 0 Å². The Bertz CT molecular complexity index is 435. The second-order valence-corrected chi connectivity index (χ2v) is 6.91. The standard InChI is InChI=1S/C15H22F2N2O2/c16-15(17)3-1-11(2-4-15)13(21)19-7-5-14(6-8-19)9-12(20)18-10-14/h11H,1-10H2,(H,18,20). The minimum Gasteiger partial charge on any atom is -0.356 e. The summed E-state index contributed by atoms with van der Waals surface area (Å²) in [5, 5.41) is 2.87. The number of hydrogen-bond acceptors (Lipinski definition) is 2. The van der Waals surface area contributed by atoms with Crippen LogP contribution in [0.1, 0.15) is 44.9 Å². The largest absolute Gasteiger partial charge is 0.356 e. The third-order valence-electron chi connectivity index (χ3n) is 5.40. The minimum atomic E-state index is -2.58. The molecule has 0 aromatic heterocycles. The molecule has 2 amide bonds.